The third kappa shape index (κ3) is 8.64. The molecule has 1 unspecified atom stereocenters. The number of imidazole rings is 1. The first-order valence-corrected chi connectivity index (χ1v) is 22.8. The molecule has 0 spiro atoms. The Morgan fingerprint density at radius 2 is 1.60 bits per heavy atom. The van der Waals surface area contributed by atoms with Crippen LogP contribution in [-0.2, 0) is 38.9 Å². The molecule has 3 aromatic carbocycles. The maximum absolute atomic E-state index is 14.6. The van der Waals surface area contributed by atoms with E-state index in [2.05, 4.69) is 31.1 Å². The van der Waals surface area contributed by atoms with Crippen molar-refractivity contribution in [1.29, 1.82) is 5.26 Å². The van der Waals surface area contributed by atoms with Gasteiger partial charge in [-0.3, -0.25) is 9.36 Å². The van der Waals surface area contributed by atoms with Crippen molar-refractivity contribution in [2.24, 2.45) is 0 Å². The van der Waals surface area contributed by atoms with E-state index >= 15 is 0 Å². The second-order valence-electron chi connectivity index (χ2n) is 15.5. The van der Waals surface area contributed by atoms with Crippen molar-refractivity contribution in [1.82, 2.24) is 28.9 Å². The molecular formula is C43H51N8O9PS. The lowest BCUT2D eigenvalue weighted by Crippen LogP contribution is -2.63. The molecule has 0 radical (unpaired) electrons. The number of ether oxygens (including phenoxy) is 4. The van der Waals surface area contributed by atoms with E-state index in [-0.39, 0.29) is 61.2 Å². The van der Waals surface area contributed by atoms with Gasteiger partial charge in [-0.05, 0) is 68.7 Å². The average Bonchev–Trinajstić information content (AvgIpc) is 3.80. The van der Waals surface area contributed by atoms with Crippen LogP contribution in [0.15, 0.2) is 91.5 Å². The van der Waals surface area contributed by atoms with Gasteiger partial charge in [0.25, 0.3) is 8.53 Å². The van der Waals surface area contributed by atoms with E-state index < -0.39 is 47.3 Å². The molecular weight excluding hydrogens is 836 g/mol. The Bertz CT molecular complexity index is 2430. The largest absolute Gasteiger partial charge is 0.497 e. The number of benzene rings is 3. The van der Waals surface area contributed by atoms with E-state index in [1.165, 1.54) is 24.1 Å². The van der Waals surface area contributed by atoms with Crippen LogP contribution in [0.2, 0.25) is 0 Å². The highest BCUT2D eigenvalue weighted by Gasteiger charge is 2.67. The Morgan fingerprint density at radius 1 is 0.984 bits per heavy atom. The van der Waals surface area contributed by atoms with Gasteiger partial charge in [-0.1, -0.05) is 54.6 Å². The van der Waals surface area contributed by atoms with Crippen LogP contribution >= 0.6 is 8.53 Å². The number of carbonyl (C=O) groups excluding carboxylic acids is 1. The van der Waals surface area contributed by atoms with Gasteiger partial charge in [-0.2, -0.15) is 5.26 Å². The zero-order valence-electron chi connectivity index (χ0n) is 35.6. The van der Waals surface area contributed by atoms with Crippen LogP contribution in [0.25, 0.3) is 11.2 Å². The first kappa shape index (κ1) is 44.9. The summed E-state index contributed by atoms with van der Waals surface area (Å²) in [5.41, 5.74) is -0.103. The van der Waals surface area contributed by atoms with Crippen molar-refractivity contribution in [3.05, 3.63) is 108 Å². The number of nitriles is 1. The number of carbonyl (C=O) groups is 1. The third-order valence-electron chi connectivity index (χ3n) is 10.9. The lowest BCUT2D eigenvalue weighted by Gasteiger charge is -2.45. The molecule has 2 aliphatic rings. The second-order valence-corrected chi connectivity index (χ2v) is 18.8. The van der Waals surface area contributed by atoms with Gasteiger partial charge in [0.05, 0.1) is 46.3 Å². The number of hydrogen-bond acceptors (Lipinski definition) is 14. The van der Waals surface area contributed by atoms with Crippen molar-refractivity contribution in [3.8, 4) is 17.6 Å². The van der Waals surface area contributed by atoms with Crippen molar-refractivity contribution >= 4 is 41.4 Å². The van der Waals surface area contributed by atoms with Gasteiger partial charge in [0, 0.05) is 25.6 Å². The Hall–Kier alpha value is -5.09. The summed E-state index contributed by atoms with van der Waals surface area (Å²) in [5, 5.41) is 10.8. The van der Waals surface area contributed by atoms with E-state index in [9.17, 15) is 18.5 Å². The van der Waals surface area contributed by atoms with Gasteiger partial charge in [0.2, 0.25) is 15.9 Å². The van der Waals surface area contributed by atoms with Crippen LogP contribution in [0.4, 0.5) is 5.82 Å². The molecule has 5 atom stereocenters. The van der Waals surface area contributed by atoms with Crippen LogP contribution < -0.4 is 19.5 Å². The first-order valence-electron chi connectivity index (χ1n) is 20.1. The number of methoxy groups -OCH3 is 2. The zero-order valence-corrected chi connectivity index (χ0v) is 37.3. The number of hydrogen-bond donors (Lipinski definition) is 2. The molecule has 2 aliphatic heterocycles. The minimum absolute atomic E-state index is 0.0510. The molecule has 2 bridgehead atoms. The number of fused-ring (bicyclic) bond motifs is 3. The summed E-state index contributed by atoms with van der Waals surface area (Å²) < 4.78 is 74.6. The predicted molar refractivity (Wildman–Crippen MR) is 232 cm³/mol. The quantitative estimate of drug-likeness (QED) is 0.0586. The summed E-state index contributed by atoms with van der Waals surface area (Å²) in [5.74, 6) is 1.07. The van der Waals surface area contributed by atoms with E-state index in [1.54, 1.807) is 14.2 Å². The van der Waals surface area contributed by atoms with Crippen LogP contribution in [0.1, 0.15) is 64.0 Å². The Balaban J connectivity index is 1.42. The minimum atomic E-state index is -4.22. The Morgan fingerprint density at radius 3 is 2.16 bits per heavy atom. The standard InChI is InChI=1S/C43H51N8O9PS/c1-28(2)51(29(3)4)61(58-23-11-22-44)60-38-37-41(50-27-47-36-39(49-30(5)52)45-26-46-40(36)50)59-42(38,24-48-62(37,53)54)25-57-43(31-12-9-8-10-13-31,32-14-18-34(55-6)19-15-32)33-16-20-35(56-7)21-17-33/h8-10,12-21,26-29,37-38,41,48H,11,23-25H2,1-7H3,(H,45,46,49,52)/t37-,38+,41-,42-,61?/m1/s1. The molecule has 2 saturated heterocycles. The van der Waals surface area contributed by atoms with Crippen LogP contribution in [0.3, 0.4) is 0 Å². The lowest BCUT2D eigenvalue weighted by molar-refractivity contribution is -0.153. The van der Waals surface area contributed by atoms with E-state index in [4.69, 9.17) is 28.0 Å². The van der Waals surface area contributed by atoms with Crippen LogP contribution in [-0.4, -0.2) is 102 Å². The predicted octanol–water partition coefficient (Wildman–Crippen LogP) is 6.04. The molecule has 5 aromatic rings. The van der Waals surface area contributed by atoms with E-state index in [1.807, 2.05) is 111 Å². The molecule has 2 N–H and O–H groups in total. The summed E-state index contributed by atoms with van der Waals surface area (Å²) in [6.07, 6.45) is 0.274. The normalized spacial score (nSPS) is 21.3. The molecule has 2 fully saturated rings. The number of sulfonamides is 1. The molecule has 17 nitrogen and oxygen atoms in total. The molecule has 4 heterocycles. The molecule has 1 amide bonds. The van der Waals surface area contributed by atoms with Crippen molar-refractivity contribution in [2.45, 2.75) is 81.9 Å². The van der Waals surface area contributed by atoms with Gasteiger partial charge in [0.1, 0.15) is 40.4 Å². The highest BCUT2D eigenvalue weighted by Crippen LogP contribution is 2.55. The molecule has 0 saturated carbocycles. The summed E-state index contributed by atoms with van der Waals surface area (Å²) in [7, 11) is -3.02. The number of amides is 1. The fraction of sp³-hybridized carbons (Fsp3) is 0.419. The smallest absolute Gasteiger partial charge is 0.259 e. The fourth-order valence-electron chi connectivity index (χ4n) is 8.13. The summed E-state index contributed by atoms with van der Waals surface area (Å²) >= 11 is 0. The van der Waals surface area contributed by atoms with Crippen LogP contribution in [0.5, 0.6) is 11.5 Å². The minimum Gasteiger partial charge on any atom is -0.497 e. The summed E-state index contributed by atoms with van der Waals surface area (Å²) in [4.78, 5) is 25.3. The molecule has 19 heteroatoms. The van der Waals surface area contributed by atoms with Gasteiger partial charge in [-0.25, -0.2) is 32.8 Å². The van der Waals surface area contributed by atoms with Crippen molar-refractivity contribution in [2.75, 3.05) is 39.3 Å². The van der Waals surface area contributed by atoms with Crippen LogP contribution in [0, 0.1) is 11.3 Å². The number of aromatic nitrogens is 4. The van der Waals surface area contributed by atoms with Gasteiger partial charge < -0.3 is 33.3 Å². The molecule has 328 valence electrons. The van der Waals surface area contributed by atoms with Gasteiger partial charge in [0.15, 0.2) is 23.2 Å². The monoisotopic (exact) mass is 886 g/mol. The maximum atomic E-state index is 14.6. The Kier molecular flexibility index (Phi) is 13.6. The number of nitrogens with one attached hydrogen (secondary N) is 2. The summed E-state index contributed by atoms with van der Waals surface area (Å²) in [6, 6.07) is 26.8. The fourth-order valence-corrected chi connectivity index (χ4v) is 11.8. The SMILES string of the molecule is COc1ccc(C(OC[C@@]23CNS(=O)(=O)[C@@H]([C@H](n4cnc5c(NC(C)=O)ncnc54)O2)[C@@H]3OP(OCCC#N)N(C(C)C)C(C)C)(c2ccccc2)c2ccc(OC)cc2)cc1. The molecule has 7 rings (SSSR count). The van der Waals surface area contributed by atoms with Crippen molar-refractivity contribution < 1.29 is 41.2 Å². The molecule has 2 aromatic heterocycles. The molecule has 0 aliphatic carbocycles. The Labute approximate surface area is 362 Å². The van der Waals surface area contributed by atoms with E-state index in [0.717, 1.165) is 16.7 Å². The van der Waals surface area contributed by atoms with Gasteiger partial charge >= 0.3 is 0 Å². The molecule has 62 heavy (non-hydrogen) atoms. The highest BCUT2D eigenvalue weighted by molar-refractivity contribution is 7.90. The first-order chi connectivity index (χ1) is 29.8. The van der Waals surface area contributed by atoms with E-state index in [0.29, 0.717) is 11.5 Å². The lowest BCUT2D eigenvalue weighted by atomic mass is 9.79. The second kappa shape index (κ2) is 18.7. The summed E-state index contributed by atoms with van der Waals surface area (Å²) in [6.45, 7) is 8.94. The number of rotatable bonds is 18. The number of nitrogens with zero attached hydrogens (tertiary/aromatic N) is 6. The van der Waals surface area contributed by atoms with Gasteiger partial charge in [-0.15, -0.1) is 0 Å². The zero-order chi connectivity index (χ0) is 44.2. The van der Waals surface area contributed by atoms with Crippen molar-refractivity contribution in [3.63, 3.8) is 0 Å². The number of anilines is 1. The maximum Gasteiger partial charge on any atom is 0.259 e. The third-order valence-corrected chi connectivity index (χ3v) is 14.7. The average molecular weight is 887 g/mol. The topological polar surface area (TPSA) is 201 Å². The highest BCUT2D eigenvalue weighted by atomic mass is 32.2.